The number of hydrogen-bond acceptors (Lipinski definition) is 3. The molecular weight excluding hydrogens is 256 g/mol. The molecule has 1 amide bonds. The molecular formula is C13H15F2NO3. The summed E-state index contributed by atoms with van der Waals surface area (Å²) in [7, 11) is 1.33. The van der Waals surface area contributed by atoms with Gasteiger partial charge in [-0.05, 0) is 0 Å². The second-order valence-corrected chi connectivity index (χ2v) is 5.15. The number of cyclic esters (lactones) is 1. The van der Waals surface area contributed by atoms with E-state index in [0.29, 0.717) is 0 Å². The Morgan fingerprint density at radius 2 is 1.95 bits per heavy atom. The second kappa shape index (κ2) is 4.68. The first-order valence-electron chi connectivity index (χ1n) is 5.81. The molecule has 104 valence electrons. The summed E-state index contributed by atoms with van der Waals surface area (Å²) in [6, 6.07) is 1.39. The van der Waals surface area contributed by atoms with Gasteiger partial charge in [0.25, 0.3) is 0 Å². The van der Waals surface area contributed by atoms with Gasteiger partial charge < -0.3 is 14.8 Å². The molecule has 4 nitrogen and oxygen atoms in total. The molecule has 0 spiro atoms. The summed E-state index contributed by atoms with van der Waals surface area (Å²) in [5.41, 5.74) is -0.799. The number of methoxy groups -OCH3 is 1. The molecule has 0 aromatic heterocycles. The predicted octanol–water partition coefficient (Wildman–Crippen LogP) is 2.78. The fourth-order valence-corrected chi connectivity index (χ4v) is 2.11. The molecule has 2 rings (SSSR count). The highest BCUT2D eigenvalue weighted by Gasteiger charge is 2.40. The quantitative estimate of drug-likeness (QED) is 0.899. The summed E-state index contributed by atoms with van der Waals surface area (Å²) in [4.78, 5) is 11.3. The van der Waals surface area contributed by atoms with E-state index in [0.717, 1.165) is 12.1 Å². The van der Waals surface area contributed by atoms with Crippen LogP contribution in [-0.2, 0) is 4.74 Å². The maximum absolute atomic E-state index is 14.0. The Morgan fingerprint density at radius 3 is 2.47 bits per heavy atom. The zero-order chi connectivity index (χ0) is 14.2. The van der Waals surface area contributed by atoms with E-state index in [9.17, 15) is 13.6 Å². The van der Waals surface area contributed by atoms with Crippen LogP contribution in [0, 0.1) is 17.0 Å². The second-order valence-electron chi connectivity index (χ2n) is 5.15. The molecule has 6 heteroatoms. The lowest BCUT2D eigenvalue weighted by molar-refractivity contribution is 0.0367. The van der Waals surface area contributed by atoms with Gasteiger partial charge in [0.1, 0.15) is 24.0 Å². The first-order chi connectivity index (χ1) is 8.85. The number of rotatable bonds is 2. The highest BCUT2D eigenvalue weighted by molar-refractivity contribution is 5.69. The number of nitrogens with one attached hydrogen (secondary N) is 1. The Labute approximate surface area is 109 Å². The van der Waals surface area contributed by atoms with Crippen LogP contribution < -0.4 is 10.1 Å². The van der Waals surface area contributed by atoms with E-state index < -0.39 is 29.2 Å². The van der Waals surface area contributed by atoms with Crippen molar-refractivity contribution in [1.29, 1.82) is 0 Å². The van der Waals surface area contributed by atoms with Gasteiger partial charge in [-0.25, -0.2) is 13.6 Å². The first kappa shape index (κ1) is 13.6. The van der Waals surface area contributed by atoms with Gasteiger partial charge in [0, 0.05) is 23.1 Å². The van der Waals surface area contributed by atoms with E-state index in [2.05, 4.69) is 5.32 Å². The lowest BCUT2D eigenvalue weighted by Crippen LogP contribution is -2.47. The number of amides is 1. The van der Waals surface area contributed by atoms with Crippen LogP contribution in [-0.4, -0.2) is 19.8 Å². The van der Waals surface area contributed by atoms with Crippen molar-refractivity contribution < 1.29 is 23.0 Å². The third-order valence-electron chi connectivity index (χ3n) is 3.20. The van der Waals surface area contributed by atoms with Crippen molar-refractivity contribution in [3.63, 3.8) is 0 Å². The van der Waals surface area contributed by atoms with Crippen molar-refractivity contribution in [2.45, 2.75) is 19.9 Å². The first-order valence-corrected chi connectivity index (χ1v) is 5.81. The van der Waals surface area contributed by atoms with Crippen LogP contribution in [0.3, 0.4) is 0 Å². The van der Waals surface area contributed by atoms with Crippen LogP contribution >= 0.6 is 0 Å². The van der Waals surface area contributed by atoms with E-state index in [1.54, 1.807) is 13.8 Å². The van der Waals surface area contributed by atoms with E-state index in [1.165, 1.54) is 7.11 Å². The third-order valence-corrected chi connectivity index (χ3v) is 3.20. The molecule has 1 heterocycles. The molecule has 1 aliphatic heterocycles. The lowest BCUT2D eigenvalue weighted by Gasteiger charge is -2.38. The number of hydrogen-bond donors (Lipinski definition) is 1. The zero-order valence-corrected chi connectivity index (χ0v) is 10.9. The molecule has 1 fully saturated rings. The van der Waals surface area contributed by atoms with Crippen LogP contribution in [0.1, 0.15) is 25.5 Å². The van der Waals surface area contributed by atoms with Crippen molar-refractivity contribution in [3.8, 4) is 5.75 Å². The van der Waals surface area contributed by atoms with Gasteiger partial charge in [0.2, 0.25) is 0 Å². The summed E-state index contributed by atoms with van der Waals surface area (Å²) >= 11 is 0. The third kappa shape index (κ3) is 2.47. The Kier molecular flexibility index (Phi) is 3.34. The predicted molar refractivity (Wildman–Crippen MR) is 63.9 cm³/mol. The van der Waals surface area contributed by atoms with Crippen molar-refractivity contribution >= 4 is 6.09 Å². The van der Waals surface area contributed by atoms with Crippen LogP contribution in [0.4, 0.5) is 13.6 Å². The van der Waals surface area contributed by atoms with Gasteiger partial charge >= 0.3 is 6.09 Å². The molecule has 0 bridgehead atoms. The number of carbonyl (C=O) groups excluding carboxylic acids is 1. The van der Waals surface area contributed by atoms with Crippen molar-refractivity contribution in [1.82, 2.24) is 5.32 Å². The number of carbonyl (C=O) groups is 1. The Hall–Kier alpha value is -1.85. The fourth-order valence-electron chi connectivity index (χ4n) is 2.11. The van der Waals surface area contributed by atoms with E-state index in [-0.39, 0.29) is 17.9 Å². The minimum atomic E-state index is -0.792. The minimum absolute atomic E-state index is 0.0917. The summed E-state index contributed by atoms with van der Waals surface area (Å²) in [5, 5.41) is 2.46. The minimum Gasteiger partial charge on any atom is -0.497 e. The van der Waals surface area contributed by atoms with E-state index in [1.807, 2.05) is 0 Å². The monoisotopic (exact) mass is 271 g/mol. The van der Waals surface area contributed by atoms with E-state index >= 15 is 0 Å². The molecule has 1 N–H and O–H groups in total. The number of benzene rings is 1. The average molecular weight is 271 g/mol. The lowest BCUT2D eigenvalue weighted by atomic mass is 9.80. The Bertz CT molecular complexity index is 494. The van der Waals surface area contributed by atoms with Gasteiger partial charge in [-0.15, -0.1) is 0 Å². The van der Waals surface area contributed by atoms with Crippen molar-refractivity contribution in [2.75, 3.05) is 13.7 Å². The van der Waals surface area contributed by atoms with Crippen LogP contribution in [0.5, 0.6) is 5.75 Å². The summed E-state index contributed by atoms with van der Waals surface area (Å²) in [6.45, 7) is 3.62. The fraction of sp³-hybridized carbons (Fsp3) is 0.462. The normalized spacial score (nSPS) is 21.5. The molecule has 1 saturated heterocycles. The summed E-state index contributed by atoms with van der Waals surface area (Å²) in [6.07, 6.45) is -0.682. The standard InChI is InChI=1S/C13H15F2NO3/c1-13(2)6-19-12(17)16-11(13)10-8(14)4-7(18-3)5-9(10)15/h4-5,11H,6H2,1-3H3,(H,16,17)/t11-/m1/s1. The van der Waals surface area contributed by atoms with Crippen LogP contribution in [0.15, 0.2) is 12.1 Å². The van der Waals surface area contributed by atoms with Gasteiger partial charge in [-0.1, -0.05) is 13.8 Å². The molecule has 0 aliphatic carbocycles. The SMILES string of the molecule is COc1cc(F)c([C@H]2NC(=O)OCC2(C)C)c(F)c1. The number of alkyl carbamates (subject to hydrolysis) is 1. The number of halogens is 2. The van der Waals surface area contributed by atoms with Gasteiger partial charge in [-0.3, -0.25) is 0 Å². The maximum Gasteiger partial charge on any atom is 0.407 e. The molecule has 1 aliphatic rings. The molecule has 1 aromatic carbocycles. The van der Waals surface area contributed by atoms with Crippen LogP contribution in [0.2, 0.25) is 0 Å². The highest BCUT2D eigenvalue weighted by atomic mass is 19.1. The zero-order valence-electron chi connectivity index (χ0n) is 10.9. The molecule has 0 radical (unpaired) electrons. The highest BCUT2D eigenvalue weighted by Crippen LogP contribution is 2.39. The van der Waals surface area contributed by atoms with Gasteiger partial charge in [0.15, 0.2) is 0 Å². The van der Waals surface area contributed by atoms with Crippen molar-refractivity contribution in [2.24, 2.45) is 5.41 Å². The van der Waals surface area contributed by atoms with Gasteiger partial charge in [0.05, 0.1) is 13.2 Å². The number of ether oxygens (including phenoxy) is 2. The van der Waals surface area contributed by atoms with Gasteiger partial charge in [-0.2, -0.15) is 0 Å². The maximum atomic E-state index is 14.0. The molecule has 1 aromatic rings. The Morgan fingerprint density at radius 1 is 1.37 bits per heavy atom. The molecule has 0 unspecified atom stereocenters. The van der Waals surface area contributed by atoms with E-state index in [4.69, 9.17) is 9.47 Å². The molecule has 1 atom stereocenters. The average Bonchev–Trinajstić information content (AvgIpc) is 2.33. The molecule has 19 heavy (non-hydrogen) atoms. The van der Waals surface area contributed by atoms with Crippen molar-refractivity contribution in [3.05, 3.63) is 29.3 Å². The topological polar surface area (TPSA) is 47.6 Å². The summed E-state index contributed by atoms with van der Waals surface area (Å²) in [5.74, 6) is -1.41. The smallest absolute Gasteiger partial charge is 0.407 e. The Balaban J connectivity index is 2.48. The molecule has 0 saturated carbocycles. The van der Waals surface area contributed by atoms with Crippen LogP contribution in [0.25, 0.3) is 0 Å². The largest absolute Gasteiger partial charge is 0.497 e. The summed E-state index contributed by atoms with van der Waals surface area (Å²) < 4.78 is 37.7.